The highest BCUT2D eigenvalue weighted by atomic mass is 19.4. The quantitative estimate of drug-likeness (QED) is 0.665. The summed E-state index contributed by atoms with van der Waals surface area (Å²) in [5, 5.41) is 10.9. The highest BCUT2D eigenvalue weighted by Crippen LogP contribution is 2.13. The van der Waals surface area contributed by atoms with Crippen molar-refractivity contribution in [2.75, 3.05) is 26.3 Å². The number of nitrogens with zero attached hydrogens (tertiary/aromatic N) is 1. The summed E-state index contributed by atoms with van der Waals surface area (Å²) < 4.78 is 39.7. The number of urea groups is 1. The molecular weight excluding hydrogens is 281 g/mol. The standard InChI is InChI=1S/C11H19F3N2O4/c1-8(2)16(5-3-9(17)18)10(19)15-4-6-20-7-11(12,13)14/h8H,3-7H2,1-2H3,(H,15,19)(H,17,18). The summed E-state index contributed by atoms with van der Waals surface area (Å²) >= 11 is 0. The van der Waals surface area contributed by atoms with Crippen LogP contribution in [0, 0.1) is 0 Å². The van der Waals surface area contributed by atoms with Crippen LogP contribution in [0.15, 0.2) is 0 Å². The Labute approximate surface area is 114 Å². The topological polar surface area (TPSA) is 78.9 Å². The molecule has 0 heterocycles. The Balaban J connectivity index is 3.99. The average Bonchev–Trinajstić information content (AvgIpc) is 2.26. The Morgan fingerprint density at radius 2 is 1.95 bits per heavy atom. The Morgan fingerprint density at radius 1 is 1.35 bits per heavy atom. The Bertz CT molecular complexity index is 321. The molecule has 0 unspecified atom stereocenters. The van der Waals surface area contributed by atoms with Crippen LogP contribution in [-0.2, 0) is 9.53 Å². The molecule has 0 aliphatic carbocycles. The van der Waals surface area contributed by atoms with Gasteiger partial charge in [-0.15, -0.1) is 0 Å². The smallest absolute Gasteiger partial charge is 0.411 e. The number of ether oxygens (including phenoxy) is 1. The van der Waals surface area contributed by atoms with Crippen molar-refractivity contribution in [1.82, 2.24) is 10.2 Å². The van der Waals surface area contributed by atoms with E-state index in [0.29, 0.717) is 0 Å². The van der Waals surface area contributed by atoms with Crippen LogP contribution in [-0.4, -0.2) is 60.5 Å². The summed E-state index contributed by atoms with van der Waals surface area (Å²) in [4.78, 5) is 23.4. The highest BCUT2D eigenvalue weighted by Gasteiger charge is 2.27. The third-order valence-electron chi connectivity index (χ3n) is 2.24. The number of rotatable bonds is 8. The minimum absolute atomic E-state index is 0.0300. The van der Waals surface area contributed by atoms with E-state index in [1.165, 1.54) is 4.90 Å². The van der Waals surface area contributed by atoms with E-state index in [-0.39, 0.29) is 32.2 Å². The molecule has 6 nitrogen and oxygen atoms in total. The summed E-state index contributed by atoms with van der Waals surface area (Å²) in [6.07, 6.45) is -4.59. The van der Waals surface area contributed by atoms with E-state index < -0.39 is 24.8 Å². The van der Waals surface area contributed by atoms with Crippen LogP contribution < -0.4 is 5.32 Å². The van der Waals surface area contributed by atoms with Crippen molar-refractivity contribution in [3.63, 3.8) is 0 Å². The van der Waals surface area contributed by atoms with Gasteiger partial charge in [-0.2, -0.15) is 13.2 Å². The van der Waals surface area contributed by atoms with E-state index >= 15 is 0 Å². The van der Waals surface area contributed by atoms with Gasteiger partial charge < -0.3 is 20.1 Å². The first kappa shape index (κ1) is 18.5. The van der Waals surface area contributed by atoms with Crippen LogP contribution in [0.4, 0.5) is 18.0 Å². The molecule has 0 atom stereocenters. The van der Waals surface area contributed by atoms with Gasteiger partial charge in [0.15, 0.2) is 0 Å². The molecule has 0 rings (SSSR count). The number of nitrogens with one attached hydrogen (secondary N) is 1. The molecular formula is C11H19F3N2O4. The first-order valence-electron chi connectivity index (χ1n) is 6.04. The van der Waals surface area contributed by atoms with E-state index in [1.54, 1.807) is 13.8 Å². The number of alkyl halides is 3. The normalized spacial score (nSPS) is 11.5. The molecule has 0 saturated carbocycles. The van der Waals surface area contributed by atoms with Crippen molar-refractivity contribution in [2.24, 2.45) is 0 Å². The summed E-state index contributed by atoms with van der Waals surface area (Å²) in [7, 11) is 0. The first-order valence-corrected chi connectivity index (χ1v) is 6.04. The SMILES string of the molecule is CC(C)N(CCC(=O)O)C(=O)NCCOCC(F)(F)F. The largest absolute Gasteiger partial charge is 0.481 e. The second kappa shape index (κ2) is 8.62. The maximum Gasteiger partial charge on any atom is 0.411 e. The van der Waals surface area contributed by atoms with Crippen LogP contribution >= 0.6 is 0 Å². The van der Waals surface area contributed by atoms with Gasteiger partial charge in [0.1, 0.15) is 6.61 Å². The fourth-order valence-corrected chi connectivity index (χ4v) is 1.33. The molecule has 118 valence electrons. The van der Waals surface area contributed by atoms with Gasteiger partial charge in [0.2, 0.25) is 0 Å². The van der Waals surface area contributed by atoms with Crippen LogP contribution in [0.5, 0.6) is 0 Å². The van der Waals surface area contributed by atoms with Gasteiger partial charge in [-0.25, -0.2) is 4.79 Å². The summed E-state index contributed by atoms with van der Waals surface area (Å²) in [5.74, 6) is -1.03. The molecule has 0 aromatic carbocycles. The maximum atomic E-state index is 11.8. The summed E-state index contributed by atoms with van der Waals surface area (Å²) in [6.45, 7) is 1.74. The van der Waals surface area contributed by atoms with Gasteiger partial charge in [-0.1, -0.05) is 0 Å². The summed E-state index contributed by atoms with van der Waals surface area (Å²) in [5.41, 5.74) is 0. The molecule has 2 amide bonds. The van der Waals surface area contributed by atoms with Gasteiger partial charge in [0.05, 0.1) is 13.0 Å². The van der Waals surface area contributed by atoms with Crippen LogP contribution in [0.1, 0.15) is 20.3 Å². The van der Waals surface area contributed by atoms with E-state index in [0.717, 1.165) is 0 Å². The van der Waals surface area contributed by atoms with Crippen LogP contribution in [0.25, 0.3) is 0 Å². The van der Waals surface area contributed by atoms with Crippen molar-refractivity contribution in [3.8, 4) is 0 Å². The average molecular weight is 300 g/mol. The second-order valence-corrected chi connectivity index (χ2v) is 4.33. The van der Waals surface area contributed by atoms with E-state index in [4.69, 9.17) is 5.11 Å². The highest BCUT2D eigenvalue weighted by molar-refractivity contribution is 5.75. The molecule has 0 fully saturated rings. The lowest BCUT2D eigenvalue weighted by atomic mass is 10.3. The lowest BCUT2D eigenvalue weighted by Crippen LogP contribution is -2.45. The number of hydrogen-bond donors (Lipinski definition) is 2. The molecule has 0 aliphatic rings. The fraction of sp³-hybridized carbons (Fsp3) is 0.818. The van der Waals surface area contributed by atoms with Gasteiger partial charge in [-0.05, 0) is 13.8 Å². The molecule has 0 bridgehead atoms. The Kier molecular flexibility index (Phi) is 7.97. The number of carbonyl (C=O) groups is 2. The molecule has 0 spiro atoms. The first-order chi connectivity index (χ1) is 9.13. The van der Waals surface area contributed by atoms with E-state index in [1.807, 2.05) is 0 Å². The minimum atomic E-state index is -4.39. The number of carboxylic acid groups (broad SMARTS) is 1. The predicted molar refractivity (Wildman–Crippen MR) is 64.4 cm³/mol. The second-order valence-electron chi connectivity index (χ2n) is 4.33. The molecule has 0 aliphatic heterocycles. The maximum absolute atomic E-state index is 11.8. The lowest BCUT2D eigenvalue weighted by Gasteiger charge is -2.26. The van der Waals surface area contributed by atoms with Crippen molar-refractivity contribution in [2.45, 2.75) is 32.5 Å². The summed E-state index contributed by atoms with van der Waals surface area (Å²) in [6, 6.07) is -0.748. The zero-order valence-corrected chi connectivity index (χ0v) is 11.4. The van der Waals surface area contributed by atoms with Gasteiger partial charge >= 0.3 is 18.2 Å². The fourth-order valence-electron chi connectivity index (χ4n) is 1.33. The minimum Gasteiger partial charge on any atom is -0.481 e. The molecule has 0 saturated heterocycles. The number of hydrogen-bond acceptors (Lipinski definition) is 3. The Hall–Kier alpha value is -1.51. The third-order valence-corrected chi connectivity index (χ3v) is 2.24. The molecule has 0 aromatic heterocycles. The van der Waals surface area contributed by atoms with Crippen molar-refractivity contribution in [3.05, 3.63) is 0 Å². The lowest BCUT2D eigenvalue weighted by molar-refractivity contribution is -0.173. The molecule has 0 aromatic rings. The van der Waals surface area contributed by atoms with E-state index in [2.05, 4.69) is 10.1 Å². The number of aliphatic carboxylic acids is 1. The molecule has 0 radical (unpaired) electrons. The van der Waals surface area contributed by atoms with E-state index in [9.17, 15) is 22.8 Å². The Morgan fingerprint density at radius 3 is 2.40 bits per heavy atom. The van der Waals surface area contributed by atoms with Crippen molar-refractivity contribution < 1.29 is 32.6 Å². The number of halogens is 3. The van der Waals surface area contributed by atoms with Crippen molar-refractivity contribution in [1.29, 1.82) is 0 Å². The van der Waals surface area contributed by atoms with Crippen molar-refractivity contribution >= 4 is 12.0 Å². The zero-order valence-electron chi connectivity index (χ0n) is 11.4. The number of amides is 2. The third kappa shape index (κ3) is 9.42. The van der Waals surface area contributed by atoms with Gasteiger partial charge in [0.25, 0.3) is 0 Å². The molecule has 2 N–H and O–H groups in total. The molecule has 9 heteroatoms. The van der Waals surface area contributed by atoms with Crippen LogP contribution in [0.3, 0.4) is 0 Å². The van der Waals surface area contributed by atoms with Crippen LogP contribution in [0.2, 0.25) is 0 Å². The van der Waals surface area contributed by atoms with Gasteiger partial charge in [-0.3, -0.25) is 4.79 Å². The zero-order chi connectivity index (χ0) is 15.8. The predicted octanol–water partition coefficient (Wildman–Crippen LogP) is 1.46. The molecule has 20 heavy (non-hydrogen) atoms. The monoisotopic (exact) mass is 300 g/mol. The van der Waals surface area contributed by atoms with Gasteiger partial charge in [0, 0.05) is 19.1 Å². The number of carboxylic acids is 1. The number of carbonyl (C=O) groups excluding carboxylic acids is 1.